The molecule has 0 heterocycles. The molecule has 0 atom stereocenters. The summed E-state index contributed by atoms with van der Waals surface area (Å²) in [7, 11) is 0. The van der Waals surface area contributed by atoms with Crippen LogP contribution in [0, 0.1) is 11.8 Å². The van der Waals surface area contributed by atoms with Gasteiger partial charge in [0.15, 0.2) is 0 Å². The van der Waals surface area contributed by atoms with Gasteiger partial charge in [-0.15, -0.1) is 0 Å². The van der Waals surface area contributed by atoms with Crippen LogP contribution in [0.3, 0.4) is 0 Å². The van der Waals surface area contributed by atoms with Gasteiger partial charge in [-0.1, -0.05) is 72.5 Å². The molecule has 0 aliphatic heterocycles. The predicted octanol–water partition coefficient (Wildman–Crippen LogP) is 5.17. The molecule has 0 aliphatic rings. The first-order chi connectivity index (χ1) is 10.1. The van der Waals surface area contributed by atoms with Gasteiger partial charge in [-0.3, -0.25) is 0 Å². The second-order valence-corrected chi connectivity index (χ2v) is 5.80. The van der Waals surface area contributed by atoms with E-state index in [0.29, 0.717) is 0 Å². The van der Waals surface area contributed by atoms with Gasteiger partial charge in [-0.25, -0.2) is 0 Å². The average molecular weight is 270 g/mol. The summed E-state index contributed by atoms with van der Waals surface area (Å²) in [6.45, 7) is 4.33. The summed E-state index contributed by atoms with van der Waals surface area (Å²) >= 11 is 0. The highest BCUT2D eigenvalue weighted by atomic mass is 14.2. The van der Waals surface area contributed by atoms with E-state index in [1.54, 1.807) is 0 Å². The van der Waals surface area contributed by atoms with Crippen molar-refractivity contribution in [3.63, 3.8) is 0 Å². The Bertz CT molecular complexity index is 815. The maximum atomic E-state index is 3.41. The first-order valence-corrected chi connectivity index (χ1v) is 7.23. The van der Waals surface area contributed by atoms with Crippen molar-refractivity contribution in [3.8, 4) is 11.8 Å². The number of hydrogen-bond donors (Lipinski definition) is 0. The molecule has 0 saturated heterocycles. The fourth-order valence-electron chi connectivity index (χ4n) is 2.42. The molecule has 0 aliphatic carbocycles. The van der Waals surface area contributed by atoms with E-state index in [1.807, 2.05) is 6.07 Å². The molecule has 3 rings (SSSR count). The molecule has 0 N–H and O–H groups in total. The monoisotopic (exact) mass is 270 g/mol. The lowest BCUT2D eigenvalue weighted by molar-refractivity contribution is 0.698. The van der Waals surface area contributed by atoms with Crippen LogP contribution in [-0.4, -0.2) is 0 Å². The molecule has 0 aromatic heterocycles. The Morgan fingerprint density at radius 3 is 2.14 bits per heavy atom. The van der Waals surface area contributed by atoms with Gasteiger partial charge in [-0.2, -0.15) is 0 Å². The Kier molecular flexibility index (Phi) is 3.50. The van der Waals surface area contributed by atoms with Crippen molar-refractivity contribution in [2.75, 3.05) is 0 Å². The lowest BCUT2D eigenvalue weighted by Crippen LogP contribution is -2.13. The zero-order chi connectivity index (χ0) is 14.7. The Morgan fingerprint density at radius 2 is 1.38 bits per heavy atom. The predicted molar refractivity (Wildman–Crippen MR) is 90.3 cm³/mol. The van der Waals surface area contributed by atoms with Crippen LogP contribution in [0.15, 0.2) is 72.8 Å². The molecule has 102 valence electrons. The fourth-order valence-corrected chi connectivity index (χ4v) is 2.42. The van der Waals surface area contributed by atoms with E-state index < -0.39 is 0 Å². The Labute approximate surface area is 126 Å². The van der Waals surface area contributed by atoms with Crippen LogP contribution in [0.4, 0.5) is 0 Å². The zero-order valence-electron chi connectivity index (χ0n) is 12.4. The van der Waals surface area contributed by atoms with Gasteiger partial charge in [0.05, 0.1) is 5.41 Å². The Morgan fingerprint density at radius 1 is 0.714 bits per heavy atom. The third-order valence-electron chi connectivity index (χ3n) is 3.76. The first-order valence-electron chi connectivity index (χ1n) is 7.23. The molecule has 3 aromatic rings. The second kappa shape index (κ2) is 5.46. The minimum atomic E-state index is -0.146. The highest BCUT2D eigenvalue weighted by molar-refractivity contribution is 5.83. The summed E-state index contributed by atoms with van der Waals surface area (Å²) in [5, 5.41) is 2.49. The van der Waals surface area contributed by atoms with Crippen LogP contribution < -0.4 is 0 Å². The normalized spacial score (nSPS) is 11.0. The minimum absolute atomic E-state index is 0.146. The number of fused-ring (bicyclic) bond motifs is 1. The van der Waals surface area contributed by atoms with Gasteiger partial charge in [0.25, 0.3) is 0 Å². The van der Waals surface area contributed by atoms with E-state index in [2.05, 4.69) is 92.4 Å². The maximum absolute atomic E-state index is 3.41. The van der Waals surface area contributed by atoms with Crippen molar-refractivity contribution in [3.05, 3.63) is 83.9 Å². The Balaban J connectivity index is 1.95. The van der Waals surface area contributed by atoms with E-state index in [4.69, 9.17) is 0 Å². The largest absolute Gasteiger partial charge is 0.0869 e. The highest BCUT2D eigenvalue weighted by Crippen LogP contribution is 2.22. The topological polar surface area (TPSA) is 0 Å². The molecule has 0 heteroatoms. The average Bonchev–Trinajstić information content (AvgIpc) is 2.54. The molecule has 0 amide bonds. The van der Waals surface area contributed by atoms with E-state index in [9.17, 15) is 0 Å². The van der Waals surface area contributed by atoms with Crippen molar-refractivity contribution in [1.29, 1.82) is 0 Å². The summed E-state index contributed by atoms with van der Waals surface area (Å²) in [4.78, 5) is 0. The minimum Gasteiger partial charge on any atom is -0.0869 e. The summed E-state index contributed by atoms with van der Waals surface area (Å²) in [6.07, 6.45) is 0. The van der Waals surface area contributed by atoms with Gasteiger partial charge in [-0.05, 0) is 42.3 Å². The molecule has 0 nitrogen and oxygen atoms in total. The van der Waals surface area contributed by atoms with Crippen LogP contribution in [0.1, 0.15) is 25.0 Å². The first kappa shape index (κ1) is 13.5. The molecular weight excluding hydrogens is 252 g/mol. The fraction of sp³-hybridized carbons (Fsp3) is 0.143. The number of hydrogen-bond acceptors (Lipinski definition) is 0. The van der Waals surface area contributed by atoms with E-state index in [1.165, 1.54) is 16.3 Å². The van der Waals surface area contributed by atoms with Crippen LogP contribution in [0.25, 0.3) is 10.8 Å². The van der Waals surface area contributed by atoms with E-state index in [0.717, 1.165) is 5.56 Å². The summed E-state index contributed by atoms with van der Waals surface area (Å²) in [5.41, 5.74) is 2.17. The SMILES string of the molecule is CC(C)(C#Cc1ccc2ccccc2c1)c1ccccc1. The van der Waals surface area contributed by atoms with Crippen molar-refractivity contribution < 1.29 is 0 Å². The van der Waals surface area contributed by atoms with Gasteiger partial charge in [0.1, 0.15) is 0 Å². The van der Waals surface area contributed by atoms with Gasteiger partial charge < -0.3 is 0 Å². The molecule has 21 heavy (non-hydrogen) atoms. The van der Waals surface area contributed by atoms with Crippen molar-refractivity contribution in [2.45, 2.75) is 19.3 Å². The third kappa shape index (κ3) is 2.98. The third-order valence-corrected chi connectivity index (χ3v) is 3.76. The number of benzene rings is 3. The Hall–Kier alpha value is -2.52. The summed E-state index contributed by atoms with van der Waals surface area (Å²) in [5.74, 6) is 6.73. The zero-order valence-corrected chi connectivity index (χ0v) is 12.4. The highest BCUT2D eigenvalue weighted by Gasteiger charge is 2.16. The lowest BCUT2D eigenvalue weighted by Gasteiger charge is -2.17. The molecular formula is C21H18. The summed E-state index contributed by atoms with van der Waals surface area (Å²) in [6, 6.07) is 25.2. The lowest BCUT2D eigenvalue weighted by atomic mass is 9.85. The van der Waals surface area contributed by atoms with E-state index >= 15 is 0 Å². The maximum Gasteiger partial charge on any atom is 0.0510 e. The van der Waals surface area contributed by atoms with Gasteiger partial charge in [0.2, 0.25) is 0 Å². The molecule has 0 saturated carbocycles. The van der Waals surface area contributed by atoms with Crippen LogP contribution in [0.5, 0.6) is 0 Å². The quantitative estimate of drug-likeness (QED) is 0.535. The molecule has 0 unspecified atom stereocenters. The summed E-state index contributed by atoms with van der Waals surface area (Å²) < 4.78 is 0. The molecule has 0 bridgehead atoms. The molecule has 3 aromatic carbocycles. The van der Waals surface area contributed by atoms with Crippen LogP contribution in [0.2, 0.25) is 0 Å². The van der Waals surface area contributed by atoms with Gasteiger partial charge >= 0.3 is 0 Å². The van der Waals surface area contributed by atoms with Crippen LogP contribution in [-0.2, 0) is 5.41 Å². The van der Waals surface area contributed by atoms with Gasteiger partial charge in [0, 0.05) is 5.56 Å². The van der Waals surface area contributed by atoms with Crippen molar-refractivity contribution in [1.82, 2.24) is 0 Å². The van der Waals surface area contributed by atoms with Crippen molar-refractivity contribution >= 4 is 10.8 Å². The molecule has 0 spiro atoms. The second-order valence-electron chi connectivity index (χ2n) is 5.80. The molecule has 0 radical (unpaired) electrons. The van der Waals surface area contributed by atoms with E-state index in [-0.39, 0.29) is 5.41 Å². The number of rotatable bonds is 1. The standard InChI is InChI=1S/C21H18/c1-21(2,20-10-4-3-5-11-20)15-14-17-12-13-18-8-6-7-9-19(18)16-17/h3-13,16H,1-2H3. The van der Waals surface area contributed by atoms with Crippen molar-refractivity contribution in [2.24, 2.45) is 0 Å². The smallest absolute Gasteiger partial charge is 0.0510 e. The molecule has 0 fully saturated rings. The van der Waals surface area contributed by atoms with Crippen LogP contribution >= 0.6 is 0 Å².